The number of esters is 1. The molecule has 0 N–H and O–H groups in total. The van der Waals surface area contributed by atoms with Gasteiger partial charge in [-0.1, -0.05) is 29.8 Å². The molecule has 6 nitrogen and oxygen atoms in total. The fraction of sp³-hybridized carbons (Fsp3) is 0.300. The van der Waals surface area contributed by atoms with Gasteiger partial charge in [0.05, 0.1) is 11.6 Å². The van der Waals surface area contributed by atoms with Gasteiger partial charge in [-0.3, -0.25) is 4.79 Å². The van der Waals surface area contributed by atoms with Gasteiger partial charge in [-0.25, -0.2) is 26.0 Å². The molecule has 12 heteroatoms. The van der Waals surface area contributed by atoms with Gasteiger partial charge in [0.2, 0.25) is 10.0 Å². The summed E-state index contributed by atoms with van der Waals surface area (Å²) >= 11 is 5.30. The zero-order chi connectivity index (χ0) is 24.4. The Labute approximate surface area is 187 Å². The number of hydrogen-bond donors (Lipinski definition) is 0. The van der Waals surface area contributed by atoms with Crippen molar-refractivity contribution in [2.45, 2.75) is 37.8 Å². The smallest absolute Gasteiger partial charge is 0.321 e. The molecule has 0 radical (unpaired) electrons. The molecule has 172 valence electrons. The van der Waals surface area contributed by atoms with Gasteiger partial charge in [-0.05, 0) is 32.4 Å². The monoisotopic (exact) mass is 492 g/mol. The molecule has 0 aliphatic heterocycles. The van der Waals surface area contributed by atoms with E-state index in [2.05, 4.69) is 0 Å². The van der Waals surface area contributed by atoms with Crippen molar-refractivity contribution in [1.82, 2.24) is 4.31 Å². The molecule has 0 saturated heterocycles. The largest absolute Gasteiger partial charge is 0.459 e. The molecule has 0 aliphatic carbocycles. The number of nitrogens with zero attached hydrogens (tertiary/aromatic N) is 2. The predicted octanol–water partition coefficient (Wildman–Crippen LogP) is 4.30. The van der Waals surface area contributed by atoms with E-state index in [1.807, 2.05) is 6.07 Å². The number of benzene rings is 2. The topological polar surface area (TPSA) is 87.5 Å². The minimum atomic E-state index is -5.32. The Morgan fingerprint density at radius 2 is 1.69 bits per heavy atom. The zero-order valence-electron chi connectivity index (χ0n) is 17.0. The minimum Gasteiger partial charge on any atom is -0.459 e. The van der Waals surface area contributed by atoms with Crippen LogP contribution in [0.1, 0.15) is 31.9 Å². The van der Waals surface area contributed by atoms with Crippen LogP contribution in [0.3, 0.4) is 0 Å². The van der Waals surface area contributed by atoms with E-state index in [4.69, 9.17) is 16.3 Å². The SMILES string of the molecule is CC(C)(C)OC(=O)CN(Cc1ccccc1C#N)S(=O)(=O)c1c(F)c(F)c(F)c(Cl)c1F. The van der Waals surface area contributed by atoms with E-state index >= 15 is 0 Å². The molecule has 0 saturated carbocycles. The Hall–Kier alpha value is -2.68. The number of sulfonamides is 1. The molecule has 0 bridgehead atoms. The second-order valence-electron chi connectivity index (χ2n) is 7.53. The Balaban J connectivity index is 2.66. The van der Waals surface area contributed by atoms with Crippen molar-refractivity contribution >= 4 is 27.6 Å². The van der Waals surface area contributed by atoms with Gasteiger partial charge in [-0.15, -0.1) is 0 Å². The molecule has 2 aromatic carbocycles. The molecule has 0 aromatic heterocycles. The lowest BCUT2D eigenvalue weighted by Crippen LogP contribution is -2.39. The third-order valence-electron chi connectivity index (χ3n) is 3.98. The first-order valence-electron chi connectivity index (χ1n) is 8.92. The van der Waals surface area contributed by atoms with Gasteiger partial charge in [-0.2, -0.15) is 9.57 Å². The van der Waals surface area contributed by atoms with Gasteiger partial charge in [0.15, 0.2) is 28.2 Å². The molecule has 2 rings (SSSR count). The molecule has 0 unspecified atom stereocenters. The summed E-state index contributed by atoms with van der Waals surface area (Å²) in [5.74, 6) is -9.90. The third-order valence-corrected chi connectivity index (χ3v) is 6.12. The van der Waals surface area contributed by atoms with Crippen molar-refractivity contribution in [2.24, 2.45) is 0 Å². The number of nitriles is 1. The summed E-state index contributed by atoms with van der Waals surface area (Å²) in [6.45, 7) is 2.76. The fourth-order valence-corrected chi connectivity index (χ4v) is 4.36. The molecular formula is C20H17ClF4N2O4S. The van der Waals surface area contributed by atoms with E-state index in [1.165, 1.54) is 45.0 Å². The summed E-state index contributed by atoms with van der Waals surface area (Å²) in [5, 5.41) is 7.67. The van der Waals surface area contributed by atoms with Crippen LogP contribution in [0.15, 0.2) is 29.2 Å². The highest BCUT2D eigenvalue weighted by Gasteiger charge is 2.38. The van der Waals surface area contributed by atoms with Crippen LogP contribution in [0.4, 0.5) is 17.6 Å². The molecule has 0 spiro atoms. The van der Waals surface area contributed by atoms with Crippen molar-refractivity contribution in [2.75, 3.05) is 6.54 Å². The maximum atomic E-state index is 14.5. The summed E-state index contributed by atoms with van der Waals surface area (Å²) in [7, 11) is -5.32. The van der Waals surface area contributed by atoms with E-state index < -0.39 is 67.9 Å². The van der Waals surface area contributed by atoms with Gasteiger partial charge >= 0.3 is 5.97 Å². The lowest BCUT2D eigenvalue weighted by atomic mass is 10.1. The third kappa shape index (κ3) is 5.38. The number of rotatable bonds is 6. The summed E-state index contributed by atoms with van der Waals surface area (Å²) in [6, 6.07) is 7.47. The van der Waals surface area contributed by atoms with Crippen LogP contribution in [-0.2, 0) is 26.1 Å². The van der Waals surface area contributed by atoms with Crippen LogP contribution in [0.5, 0.6) is 0 Å². The second-order valence-corrected chi connectivity index (χ2v) is 9.78. The first-order valence-corrected chi connectivity index (χ1v) is 10.7. The predicted molar refractivity (Wildman–Crippen MR) is 106 cm³/mol. The highest BCUT2D eigenvalue weighted by molar-refractivity contribution is 7.89. The highest BCUT2D eigenvalue weighted by atomic mass is 35.5. The maximum Gasteiger partial charge on any atom is 0.321 e. The van der Waals surface area contributed by atoms with Crippen LogP contribution >= 0.6 is 11.6 Å². The first kappa shape index (κ1) is 25.6. The molecular weight excluding hydrogens is 476 g/mol. The number of halogens is 5. The lowest BCUT2D eigenvalue weighted by Gasteiger charge is -2.25. The Morgan fingerprint density at radius 1 is 1.09 bits per heavy atom. The van der Waals surface area contributed by atoms with E-state index in [0.717, 1.165) is 0 Å². The minimum absolute atomic E-state index is 0.0150. The summed E-state index contributed by atoms with van der Waals surface area (Å²) < 4.78 is 87.8. The average Bonchev–Trinajstić information content (AvgIpc) is 2.69. The average molecular weight is 493 g/mol. The number of ether oxygens (including phenoxy) is 1. The zero-order valence-corrected chi connectivity index (χ0v) is 18.6. The van der Waals surface area contributed by atoms with Crippen molar-refractivity contribution in [1.29, 1.82) is 5.26 Å². The number of hydrogen-bond acceptors (Lipinski definition) is 5. The molecule has 0 fully saturated rings. The van der Waals surface area contributed by atoms with Crippen LogP contribution < -0.4 is 0 Å². The molecule has 0 heterocycles. The normalized spacial score (nSPS) is 12.0. The quantitative estimate of drug-likeness (QED) is 0.260. The molecule has 0 aliphatic rings. The maximum absolute atomic E-state index is 14.5. The van der Waals surface area contributed by atoms with E-state index in [1.54, 1.807) is 0 Å². The van der Waals surface area contributed by atoms with Crippen LogP contribution in [0, 0.1) is 34.6 Å². The Bertz CT molecular complexity index is 1180. The van der Waals surface area contributed by atoms with Crippen molar-refractivity contribution < 1.29 is 35.5 Å². The van der Waals surface area contributed by atoms with Crippen LogP contribution in [-0.4, -0.2) is 30.8 Å². The fourth-order valence-electron chi connectivity index (χ4n) is 2.64. The molecule has 2 aromatic rings. The summed E-state index contributed by atoms with van der Waals surface area (Å²) in [4.78, 5) is 10.4. The number of carbonyl (C=O) groups is 1. The van der Waals surface area contributed by atoms with Crippen LogP contribution in [0.25, 0.3) is 0 Å². The van der Waals surface area contributed by atoms with Crippen LogP contribution in [0.2, 0.25) is 5.02 Å². The van der Waals surface area contributed by atoms with Gasteiger partial charge in [0, 0.05) is 6.54 Å². The highest BCUT2D eigenvalue weighted by Crippen LogP contribution is 2.33. The molecule has 0 amide bonds. The summed E-state index contributed by atoms with van der Waals surface area (Å²) in [6.07, 6.45) is 0. The lowest BCUT2D eigenvalue weighted by molar-refractivity contribution is -0.155. The van der Waals surface area contributed by atoms with E-state index in [-0.39, 0.29) is 15.4 Å². The standard InChI is InChI=1S/C20H17ClF4N2O4S/c1-20(2,3)31-13(28)10-27(9-12-7-5-4-6-11(12)8-26)32(29,30)19-16(23)14(21)15(22)17(24)18(19)25/h4-7H,9-10H2,1-3H3. The first-order chi connectivity index (χ1) is 14.7. The van der Waals surface area contributed by atoms with Crippen molar-refractivity contribution in [3.05, 3.63) is 63.7 Å². The van der Waals surface area contributed by atoms with Gasteiger partial charge in [0.1, 0.15) is 17.2 Å². The van der Waals surface area contributed by atoms with Crippen molar-refractivity contribution in [3.8, 4) is 6.07 Å². The number of carbonyl (C=O) groups excluding carboxylic acids is 1. The molecule has 32 heavy (non-hydrogen) atoms. The Kier molecular flexibility index (Phi) is 7.55. The summed E-state index contributed by atoms with van der Waals surface area (Å²) in [5.41, 5.74) is -0.934. The van der Waals surface area contributed by atoms with Crippen molar-refractivity contribution in [3.63, 3.8) is 0 Å². The van der Waals surface area contributed by atoms with Gasteiger partial charge < -0.3 is 4.74 Å². The van der Waals surface area contributed by atoms with Gasteiger partial charge in [0.25, 0.3) is 0 Å². The second kappa shape index (κ2) is 9.44. The van der Waals surface area contributed by atoms with E-state index in [0.29, 0.717) is 0 Å². The van der Waals surface area contributed by atoms with E-state index in [9.17, 15) is 36.0 Å². The Morgan fingerprint density at radius 3 is 2.25 bits per heavy atom. The molecule has 0 atom stereocenters.